The van der Waals surface area contributed by atoms with Gasteiger partial charge in [0.05, 0.1) is 11.8 Å². The molecule has 0 radical (unpaired) electrons. The second kappa shape index (κ2) is 8.87. The minimum Gasteiger partial charge on any atom is -0.457 e. The normalized spacial score (nSPS) is 13.3. The molecule has 11 heteroatoms. The van der Waals surface area contributed by atoms with Crippen LogP contribution in [0.1, 0.15) is 24.7 Å². The number of esters is 1. The highest BCUT2D eigenvalue weighted by atomic mass is 32.2. The molecule has 0 N–H and O–H groups in total. The summed E-state index contributed by atoms with van der Waals surface area (Å²) in [7, 11) is 0. The van der Waals surface area contributed by atoms with Gasteiger partial charge in [-0.2, -0.15) is 0 Å². The van der Waals surface area contributed by atoms with Crippen molar-refractivity contribution in [2.45, 2.75) is 30.6 Å². The molecule has 4 aromatic rings. The molecule has 1 aliphatic rings. The van der Waals surface area contributed by atoms with E-state index in [1.54, 1.807) is 16.8 Å². The van der Waals surface area contributed by atoms with Gasteiger partial charge in [-0.05, 0) is 59.7 Å². The van der Waals surface area contributed by atoms with Crippen molar-refractivity contribution < 1.29 is 13.9 Å². The van der Waals surface area contributed by atoms with Gasteiger partial charge >= 0.3 is 5.97 Å². The van der Waals surface area contributed by atoms with Crippen LogP contribution < -0.4 is 0 Å². The number of thioether (sulfide) groups is 1. The molecule has 0 saturated heterocycles. The SMILES string of the molecule is O=C(CSc1nnc(-c2ccc(F)cc2)n1-c1ccccc1)OCc1nnnn1C1CC1. The largest absolute Gasteiger partial charge is 0.457 e. The number of para-hydroxylation sites is 1. The van der Waals surface area contributed by atoms with Gasteiger partial charge in [0.15, 0.2) is 23.4 Å². The number of tetrazole rings is 1. The maximum absolute atomic E-state index is 13.4. The molecule has 162 valence electrons. The minimum atomic E-state index is -0.411. The fraction of sp³-hybridized carbons (Fsp3) is 0.238. The first-order chi connectivity index (χ1) is 15.7. The number of ether oxygens (including phenoxy) is 1. The zero-order valence-electron chi connectivity index (χ0n) is 16.8. The Kier molecular flexibility index (Phi) is 5.63. The monoisotopic (exact) mass is 451 g/mol. The molecular formula is C21H18FN7O2S. The van der Waals surface area contributed by atoms with Crippen molar-refractivity contribution >= 4 is 17.7 Å². The highest BCUT2D eigenvalue weighted by Crippen LogP contribution is 2.34. The number of hydrogen-bond acceptors (Lipinski definition) is 8. The van der Waals surface area contributed by atoms with Crippen molar-refractivity contribution in [1.29, 1.82) is 0 Å². The van der Waals surface area contributed by atoms with E-state index in [4.69, 9.17) is 4.74 Å². The van der Waals surface area contributed by atoms with Crippen LogP contribution in [0, 0.1) is 5.82 Å². The van der Waals surface area contributed by atoms with Gasteiger partial charge in [-0.3, -0.25) is 9.36 Å². The van der Waals surface area contributed by atoms with Crippen LogP contribution in [-0.4, -0.2) is 46.7 Å². The maximum atomic E-state index is 13.4. The highest BCUT2D eigenvalue weighted by Gasteiger charge is 2.28. The fourth-order valence-electron chi connectivity index (χ4n) is 3.18. The van der Waals surface area contributed by atoms with Crippen LogP contribution in [0.25, 0.3) is 17.1 Å². The fourth-order valence-corrected chi connectivity index (χ4v) is 3.93. The lowest BCUT2D eigenvalue weighted by molar-refractivity contribution is -0.142. The molecule has 32 heavy (non-hydrogen) atoms. The molecule has 0 aliphatic heterocycles. The van der Waals surface area contributed by atoms with Gasteiger partial charge in [0, 0.05) is 11.3 Å². The Hall–Kier alpha value is -3.60. The molecule has 1 fully saturated rings. The van der Waals surface area contributed by atoms with Crippen molar-refractivity contribution in [2.75, 3.05) is 5.75 Å². The van der Waals surface area contributed by atoms with E-state index in [-0.39, 0.29) is 18.2 Å². The van der Waals surface area contributed by atoms with E-state index in [0.717, 1.165) is 18.5 Å². The first-order valence-electron chi connectivity index (χ1n) is 10.0. The predicted molar refractivity (Wildman–Crippen MR) is 113 cm³/mol. The third kappa shape index (κ3) is 4.37. The highest BCUT2D eigenvalue weighted by molar-refractivity contribution is 7.99. The van der Waals surface area contributed by atoms with Crippen LogP contribution in [0.5, 0.6) is 0 Å². The van der Waals surface area contributed by atoms with E-state index in [2.05, 4.69) is 25.7 Å². The number of carbonyl (C=O) groups is 1. The zero-order chi connectivity index (χ0) is 21.9. The van der Waals surface area contributed by atoms with Crippen molar-refractivity contribution in [3.05, 3.63) is 66.2 Å². The third-order valence-electron chi connectivity index (χ3n) is 4.89. The number of benzene rings is 2. The Bertz CT molecular complexity index is 1220. The Morgan fingerprint density at radius 2 is 1.84 bits per heavy atom. The Balaban J connectivity index is 1.31. The van der Waals surface area contributed by atoms with Crippen molar-refractivity contribution in [3.8, 4) is 17.1 Å². The Morgan fingerprint density at radius 3 is 2.59 bits per heavy atom. The predicted octanol–water partition coefficient (Wildman–Crippen LogP) is 3.23. The van der Waals surface area contributed by atoms with Crippen LogP contribution in [0.2, 0.25) is 0 Å². The molecular weight excluding hydrogens is 433 g/mol. The molecule has 0 bridgehead atoms. The minimum absolute atomic E-state index is 0.0229. The average molecular weight is 451 g/mol. The number of carbonyl (C=O) groups excluding carboxylic acids is 1. The first-order valence-corrected chi connectivity index (χ1v) is 11.0. The summed E-state index contributed by atoms with van der Waals surface area (Å²) in [5.74, 6) is 0.391. The molecule has 5 rings (SSSR count). The summed E-state index contributed by atoms with van der Waals surface area (Å²) in [6, 6.07) is 15.9. The number of hydrogen-bond donors (Lipinski definition) is 0. The first kappa shape index (κ1) is 20.3. The van der Waals surface area contributed by atoms with E-state index in [1.807, 2.05) is 34.9 Å². The lowest BCUT2D eigenvalue weighted by Crippen LogP contribution is -2.12. The number of nitrogens with zero attached hydrogens (tertiary/aromatic N) is 7. The molecule has 2 aromatic heterocycles. The smallest absolute Gasteiger partial charge is 0.316 e. The van der Waals surface area contributed by atoms with Crippen LogP contribution in [-0.2, 0) is 16.1 Å². The summed E-state index contributed by atoms with van der Waals surface area (Å²) in [6.45, 7) is 0.0229. The lowest BCUT2D eigenvalue weighted by Gasteiger charge is -2.10. The number of halogens is 1. The van der Waals surface area contributed by atoms with Crippen LogP contribution in [0.3, 0.4) is 0 Å². The molecule has 1 aliphatic carbocycles. The van der Waals surface area contributed by atoms with E-state index >= 15 is 0 Å². The number of aromatic nitrogens is 7. The van der Waals surface area contributed by atoms with E-state index < -0.39 is 5.97 Å². The van der Waals surface area contributed by atoms with Crippen molar-refractivity contribution in [1.82, 2.24) is 35.0 Å². The van der Waals surface area contributed by atoms with Crippen LogP contribution in [0.15, 0.2) is 59.8 Å². The lowest BCUT2D eigenvalue weighted by atomic mass is 10.2. The van der Waals surface area contributed by atoms with Gasteiger partial charge in [-0.25, -0.2) is 9.07 Å². The second-order valence-corrected chi connectivity index (χ2v) is 8.15. The Labute approximate surface area is 186 Å². The topological polar surface area (TPSA) is 101 Å². The second-order valence-electron chi connectivity index (χ2n) is 7.20. The van der Waals surface area contributed by atoms with Gasteiger partial charge in [0.1, 0.15) is 5.82 Å². The Morgan fingerprint density at radius 1 is 1.06 bits per heavy atom. The molecule has 0 amide bonds. The van der Waals surface area contributed by atoms with Gasteiger partial charge in [-0.1, -0.05) is 30.0 Å². The van der Waals surface area contributed by atoms with E-state index in [0.29, 0.717) is 28.4 Å². The van der Waals surface area contributed by atoms with Crippen molar-refractivity contribution in [3.63, 3.8) is 0 Å². The molecule has 0 unspecified atom stereocenters. The average Bonchev–Trinajstić information content (AvgIpc) is 3.40. The summed E-state index contributed by atoms with van der Waals surface area (Å²) in [5, 5.41) is 20.6. The van der Waals surface area contributed by atoms with Gasteiger partial charge in [-0.15, -0.1) is 15.3 Å². The summed E-state index contributed by atoms with van der Waals surface area (Å²) >= 11 is 1.21. The zero-order valence-corrected chi connectivity index (χ0v) is 17.7. The van der Waals surface area contributed by atoms with Gasteiger partial charge in [0.2, 0.25) is 0 Å². The van der Waals surface area contributed by atoms with E-state index in [1.165, 1.54) is 23.9 Å². The quantitative estimate of drug-likeness (QED) is 0.297. The summed E-state index contributed by atoms with van der Waals surface area (Å²) in [5.41, 5.74) is 1.54. The maximum Gasteiger partial charge on any atom is 0.316 e. The summed E-state index contributed by atoms with van der Waals surface area (Å²) in [6.07, 6.45) is 2.07. The summed E-state index contributed by atoms with van der Waals surface area (Å²) < 4.78 is 22.3. The molecule has 1 saturated carbocycles. The molecule has 2 heterocycles. The third-order valence-corrected chi connectivity index (χ3v) is 5.79. The standard InChI is InChI=1S/C21H18FN7O2S/c22-15-8-6-14(7-9-15)20-24-25-21(28(20)16-4-2-1-3-5-16)32-13-19(30)31-12-18-23-26-27-29(18)17-10-11-17/h1-9,17H,10-13H2. The molecule has 2 aromatic carbocycles. The van der Waals surface area contributed by atoms with Gasteiger partial charge in [0.25, 0.3) is 0 Å². The van der Waals surface area contributed by atoms with Crippen LogP contribution >= 0.6 is 11.8 Å². The number of rotatable bonds is 8. The molecule has 0 spiro atoms. The van der Waals surface area contributed by atoms with Crippen molar-refractivity contribution in [2.24, 2.45) is 0 Å². The van der Waals surface area contributed by atoms with E-state index in [9.17, 15) is 9.18 Å². The molecule has 9 nitrogen and oxygen atoms in total. The van der Waals surface area contributed by atoms with Gasteiger partial charge < -0.3 is 4.74 Å². The molecule has 0 atom stereocenters. The van der Waals surface area contributed by atoms with Crippen LogP contribution in [0.4, 0.5) is 4.39 Å². The summed E-state index contributed by atoms with van der Waals surface area (Å²) in [4.78, 5) is 12.4.